The van der Waals surface area contributed by atoms with Crippen LogP contribution in [0, 0.1) is 11.3 Å². The molecule has 0 aromatic heterocycles. The normalized spacial score (nSPS) is 10.5. The van der Waals surface area contributed by atoms with E-state index in [1.54, 1.807) is 16.0 Å². The maximum atomic E-state index is 9.58. The number of aliphatic carboxylic acids is 1. The molecule has 5 heteroatoms. The minimum atomic E-state index is -1.34. The molecule has 8 heavy (non-hydrogen) atoms. The third-order valence-corrected chi connectivity index (χ3v) is 1.03. The summed E-state index contributed by atoms with van der Waals surface area (Å²) in [5.74, 6) is -1.34. The molecule has 0 spiro atoms. The van der Waals surface area contributed by atoms with Gasteiger partial charge in [-0.3, -0.25) is 0 Å². The van der Waals surface area contributed by atoms with Crippen molar-refractivity contribution >= 4 is 22.0 Å². The smallest absolute Gasteiger partial charge is 1.00 e. The number of carboxylic acid groups (broad SMARTS) is 1. The van der Waals surface area contributed by atoms with E-state index >= 15 is 0 Å². The zero-order valence-corrected chi connectivity index (χ0v) is 9.29. The molecule has 0 amide bonds. The Bertz CT molecular complexity index is 121. The van der Waals surface area contributed by atoms with Crippen LogP contribution in [0.1, 0.15) is 0 Å². The third kappa shape index (κ3) is 5.26. The molecule has 0 radical (unpaired) electrons. The largest absolute Gasteiger partial charge is 1.00 e. The summed E-state index contributed by atoms with van der Waals surface area (Å²) in [7, 11) is 0. The average Bonchev–Trinajstić information content (AvgIpc) is 1.65. The molecule has 0 rings (SSSR count). The van der Waals surface area contributed by atoms with Gasteiger partial charge >= 0.3 is 99.4 Å². The summed E-state index contributed by atoms with van der Waals surface area (Å²) >= 11 is 1.69. The Balaban J connectivity index is 0. The van der Waals surface area contributed by atoms with Crippen molar-refractivity contribution in [1.29, 1.82) is 5.26 Å². The van der Waals surface area contributed by atoms with Gasteiger partial charge in [0.25, 0.3) is 0 Å². The summed E-state index contributed by atoms with van der Waals surface area (Å²) in [5, 5.41) is 17.4. The number of carbonyl (C=O) groups excluding carboxylic acids is 1. The molecular weight excluding hydrogens is 200 g/mol. The van der Waals surface area contributed by atoms with E-state index in [0.717, 1.165) is 0 Å². The van der Waals surface area contributed by atoms with Crippen molar-refractivity contribution in [3.63, 3.8) is 0 Å². The Morgan fingerprint density at radius 1 is 1.88 bits per heavy atom. The van der Waals surface area contributed by atoms with E-state index in [1.807, 2.05) is 0 Å². The first-order valence-electron chi connectivity index (χ1n) is 1.47. The molecule has 38 valence electrons. The van der Waals surface area contributed by atoms with Crippen LogP contribution in [-0.4, -0.2) is 22.0 Å². The second-order valence-corrected chi connectivity index (χ2v) is 1.93. The summed E-state index contributed by atoms with van der Waals surface area (Å²) in [5.41, 5.74) is 0. The third-order valence-electron chi connectivity index (χ3n) is 0.346. The zero-order valence-electron chi connectivity index (χ0n) is 4.29. The molecule has 0 saturated heterocycles. The topological polar surface area (TPSA) is 63.9 Å². The van der Waals surface area contributed by atoms with Gasteiger partial charge in [-0.1, -0.05) is 0 Å². The quantitative estimate of drug-likeness (QED) is 0.400. The molecule has 0 saturated carbocycles. The predicted octanol–water partition coefficient (Wildman–Crippen LogP) is -5.05. The molecule has 0 fully saturated rings. The Labute approximate surface area is 97.7 Å². The van der Waals surface area contributed by atoms with Crippen molar-refractivity contribution in [3.8, 4) is 6.07 Å². The number of nitrogens with zero attached hydrogens (tertiary/aromatic N) is 1. The van der Waals surface area contributed by atoms with Crippen LogP contribution in [0.15, 0.2) is 0 Å². The molecule has 1 unspecified atom stereocenters. The Kier molecular flexibility index (Phi) is 9.25. The maximum absolute atomic E-state index is 9.58. The van der Waals surface area contributed by atoms with E-state index in [4.69, 9.17) is 5.26 Å². The van der Waals surface area contributed by atoms with Crippen LogP contribution in [-0.2, 0) is 4.79 Å². The van der Waals surface area contributed by atoms with Crippen molar-refractivity contribution in [2.75, 3.05) is 0 Å². The van der Waals surface area contributed by atoms with Crippen LogP contribution in [0.4, 0.5) is 0 Å². The van der Waals surface area contributed by atoms with E-state index in [0.29, 0.717) is 0 Å². The van der Waals surface area contributed by atoms with Gasteiger partial charge in [-0.05, 0) is 0 Å². The number of carboxylic acids is 1. The van der Waals surface area contributed by atoms with E-state index in [9.17, 15) is 9.90 Å². The van der Waals surface area contributed by atoms with Gasteiger partial charge in [0.05, 0.1) is 0 Å². The van der Waals surface area contributed by atoms with Crippen LogP contribution in [0.3, 0.4) is 0 Å². The fraction of sp³-hybridized carbons (Fsp3) is 0.333. The predicted molar refractivity (Wildman–Crippen MR) is 21.5 cm³/mol. The van der Waals surface area contributed by atoms with Gasteiger partial charge in [-0.25, -0.2) is 0 Å². The van der Waals surface area contributed by atoms with E-state index in [2.05, 4.69) is 0 Å². The molecule has 1 atom stereocenters. The number of rotatable bonds is 1. The second-order valence-electron chi connectivity index (χ2n) is 0.851. The molecular formula is C3H2KNO2Se. The van der Waals surface area contributed by atoms with Gasteiger partial charge in [0.2, 0.25) is 0 Å². The van der Waals surface area contributed by atoms with Gasteiger partial charge in [-0.15, -0.1) is 0 Å². The molecule has 0 N–H and O–H groups in total. The van der Waals surface area contributed by atoms with Crippen molar-refractivity contribution in [3.05, 3.63) is 0 Å². The first kappa shape index (κ1) is 11.9. The summed E-state index contributed by atoms with van der Waals surface area (Å²) < 4.78 is 0. The Hall–Kier alpha value is 1.12. The number of carbonyl (C=O) groups is 1. The van der Waals surface area contributed by atoms with Gasteiger partial charge in [0.15, 0.2) is 0 Å². The summed E-state index contributed by atoms with van der Waals surface area (Å²) in [6.07, 6.45) is 0. The SMILES string of the molecule is N#CC([SeH])C(=O)[O-].[K+]. The molecule has 0 aromatic carbocycles. The molecule has 3 nitrogen and oxygen atoms in total. The van der Waals surface area contributed by atoms with Gasteiger partial charge < -0.3 is 0 Å². The Morgan fingerprint density at radius 3 is 2.25 bits per heavy atom. The van der Waals surface area contributed by atoms with Crippen molar-refractivity contribution in [1.82, 2.24) is 0 Å². The van der Waals surface area contributed by atoms with Crippen LogP contribution in [0.25, 0.3) is 0 Å². The van der Waals surface area contributed by atoms with E-state index in [1.165, 1.54) is 6.07 Å². The maximum Gasteiger partial charge on any atom is 1.00 e. The fourth-order valence-electron chi connectivity index (χ4n) is 0.0527. The minimum Gasteiger partial charge on any atom is 1.00 e. The van der Waals surface area contributed by atoms with Crippen LogP contribution in [0.5, 0.6) is 0 Å². The molecule has 0 heterocycles. The van der Waals surface area contributed by atoms with Gasteiger partial charge in [-0.2, -0.15) is 0 Å². The standard InChI is InChI=1S/C3H3NO2Se.K/c4-1-2(7)3(5)6;/h2,7H,(H,5,6);/q;+1/p-1. The summed E-state index contributed by atoms with van der Waals surface area (Å²) in [4.78, 5) is 8.53. The Morgan fingerprint density at radius 2 is 2.25 bits per heavy atom. The van der Waals surface area contributed by atoms with Crippen LogP contribution in [0.2, 0.25) is 4.82 Å². The molecule has 0 aromatic rings. The fourth-order valence-corrected chi connectivity index (χ4v) is 0.0527. The first-order valence-corrected chi connectivity index (χ1v) is 2.55. The summed E-state index contributed by atoms with van der Waals surface area (Å²) in [6, 6.07) is 1.47. The average molecular weight is 202 g/mol. The van der Waals surface area contributed by atoms with Gasteiger partial charge in [0, 0.05) is 0 Å². The van der Waals surface area contributed by atoms with E-state index < -0.39 is 10.8 Å². The van der Waals surface area contributed by atoms with Crippen molar-refractivity contribution in [2.24, 2.45) is 0 Å². The number of hydrogen-bond acceptors (Lipinski definition) is 3. The zero-order chi connectivity index (χ0) is 5.86. The molecule has 0 aliphatic carbocycles. The number of nitriles is 1. The van der Waals surface area contributed by atoms with Crippen LogP contribution >= 0.6 is 0 Å². The van der Waals surface area contributed by atoms with Crippen LogP contribution < -0.4 is 56.5 Å². The second kappa shape index (κ2) is 6.24. The summed E-state index contributed by atoms with van der Waals surface area (Å²) in [6.45, 7) is 0. The minimum absolute atomic E-state index is 0. The van der Waals surface area contributed by atoms with Gasteiger partial charge in [0.1, 0.15) is 0 Å². The van der Waals surface area contributed by atoms with E-state index in [-0.39, 0.29) is 51.4 Å². The first-order chi connectivity index (χ1) is 3.18. The van der Waals surface area contributed by atoms with Crippen molar-refractivity contribution in [2.45, 2.75) is 4.82 Å². The number of hydrogen-bond donors (Lipinski definition) is 0. The molecule has 0 aliphatic heterocycles. The van der Waals surface area contributed by atoms with Crippen molar-refractivity contribution < 1.29 is 61.3 Å². The monoisotopic (exact) mass is 203 g/mol. The molecule has 0 aliphatic rings. The molecule has 0 bridgehead atoms.